The summed E-state index contributed by atoms with van der Waals surface area (Å²) in [5, 5.41) is 4.55. The van der Waals surface area contributed by atoms with Crippen molar-refractivity contribution in [2.45, 2.75) is 33.2 Å². The predicted molar refractivity (Wildman–Crippen MR) is 57.0 cm³/mol. The van der Waals surface area contributed by atoms with E-state index in [1.807, 2.05) is 4.68 Å². The maximum atomic E-state index is 5.74. The van der Waals surface area contributed by atoms with E-state index in [1.54, 1.807) is 0 Å². The van der Waals surface area contributed by atoms with Crippen molar-refractivity contribution < 1.29 is 0 Å². The molecule has 3 heteroatoms. The Kier molecular flexibility index (Phi) is 2.14. The Hall–Kier alpha value is -0.830. The molecule has 2 atom stereocenters. The number of rotatable bonds is 3. The van der Waals surface area contributed by atoms with Gasteiger partial charge in [-0.1, -0.05) is 13.8 Å². The van der Waals surface area contributed by atoms with Gasteiger partial charge in [-0.15, -0.1) is 0 Å². The van der Waals surface area contributed by atoms with Gasteiger partial charge in [0.1, 0.15) is 0 Å². The van der Waals surface area contributed by atoms with Gasteiger partial charge in [-0.3, -0.25) is 4.68 Å². The quantitative estimate of drug-likeness (QED) is 0.792. The van der Waals surface area contributed by atoms with Crippen molar-refractivity contribution in [3.8, 4) is 0 Å². The molecular weight excluding hydrogens is 174 g/mol. The fourth-order valence-corrected chi connectivity index (χ4v) is 2.49. The third-order valence-corrected chi connectivity index (χ3v) is 3.61. The number of hydrogen-bond acceptors (Lipinski definition) is 2. The van der Waals surface area contributed by atoms with Crippen LogP contribution in [0.3, 0.4) is 0 Å². The lowest BCUT2D eigenvalue weighted by Gasteiger charge is -1.99. The number of nitrogens with zero attached hydrogens (tertiary/aromatic N) is 2. The van der Waals surface area contributed by atoms with Gasteiger partial charge in [0.2, 0.25) is 0 Å². The summed E-state index contributed by atoms with van der Waals surface area (Å²) < 4.78 is 1.98. The van der Waals surface area contributed by atoms with Crippen LogP contribution in [0, 0.1) is 11.3 Å². The van der Waals surface area contributed by atoms with Crippen LogP contribution in [0.25, 0.3) is 0 Å². The van der Waals surface area contributed by atoms with Crippen LogP contribution in [0.4, 0.5) is 0 Å². The van der Waals surface area contributed by atoms with Crippen LogP contribution < -0.4 is 5.73 Å². The second kappa shape index (κ2) is 3.09. The van der Waals surface area contributed by atoms with Crippen LogP contribution in [-0.4, -0.2) is 16.3 Å². The van der Waals surface area contributed by atoms with E-state index in [9.17, 15) is 0 Å². The van der Waals surface area contributed by atoms with Gasteiger partial charge in [0.15, 0.2) is 0 Å². The van der Waals surface area contributed by atoms with Crippen LogP contribution >= 0.6 is 0 Å². The minimum atomic E-state index is 0.349. The third kappa shape index (κ3) is 1.27. The molecule has 0 spiro atoms. The molecule has 1 heterocycles. The van der Waals surface area contributed by atoms with Gasteiger partial charge in [0.25, 0.3) is 0 Å². The number of aryl methyl sites for hydroxylation is 1. The zero-order valence-corrected chi connectivity index (χ0v) is 9.20. The molecule has 0 radical (unpaired) electrons. The number of aromatic nitrogens is 2. The first-order valence-corrected chi connectivity index (χ1v) is 5.34. The van der Waals surface area contributed by atoms with Gasteiger partial charge in [-0.2, -0.15) is 5.10 Å². The standard InChI is InChI=1S/C11H19N3/c1-4-14-6-5-9(13-14)10-8(7-12)11(10,2)3/h5-6,8,10H,4,7,12H2,1-3H3/t8-,10+/m0/s1. The van der Waals surface area contributed by atoms with Gasteiger partial charge >= 0.3 is 0 Å². The summed E-state index contributed by atoms with van der Waals surface area (Å²) in [4.78, 5) is 0. The molecule has 0 saturated heterocycles. The Balaban J connectivity index is 2.18. The summed E-state index contributed by atoms with van der Waals surface area (Å²) in [7, 11) is 0. The highest BCUT2D eigenvalue weighted by molar-refractivity contribution is 5.25. The molecule has 1 aliphatic carbocycles. The van der Waals surface area contributed by atoms with E-state index in [-0.39, 0.29) is 0 Å². The monoisotopic (exact) mass is 193 g/mol. The van der Waals surface area contributed by atoms with Gasteiger partial charge < -0.3 is 5.73 Å². The second-order valence-corrected chi connectivity index (χ2v) is 4.74. The molecule has 0 aliphatic heterocycles. The van der Waals surface area contributed by atoms with Gasteiger partial charge in [-0.05, 0) is 30.9 Å². The van der Waals surface area contributed by atoms with E-state index in [0.717, 1.165) is 13.1 Å². The van der Waals surface area contributed by atoms with Crippen molar-refractivity contribution in [3.05, 3.63) is 18.0 Å². The molecule has 2 rings (SSSR count). The van der Waals surface area contributed by atoms with E-state index in [2.05, 4.69) is 38.1 Å². The van der Waals surface area contributed by atoms with Crippen LogP contribution in [-0.2, 0) is 6.54 Å². The van der Waals surface area contributed by atoms with Crippen molar-refractivity contribution in [1.82, 2.24) is 9.78 Å². The molecule has 14 heavy (non-hydrogen) atoms. The molecule has 0 amide bonds. The minimum Gasteiger partial charge on any atom is -0.330 e. The first-order valence-electron chi connectivity index (χ1n) is 5.34. The number of nitrogens with two attached hydrogens (primary N) is 1. The zero-order valence-electron chi connectivity index (χ0n) is 9.20. The molecule has 78 valence electrons. The molecular formula is C11H19N3. The summed E-state index contributed by atoms with van der Waals surface area (Å²) >= 11 is 0. The van der Waals surface area contributed by atoms with E-state index < -0.39 is 0 Å². The summed E-state index contributed by atoms with van der Waals surface area (Å²) in [6, 6.07) is 2.13. The minimum absolute atomic E-state index is 0.349. The van der Waals surface area contributed by atoms with Crippen molar-refractivity contribution in [3.63, 3.8) is 0 Å². The van der Waals surface area contributed by atoms with Crippen molar-refractivity contribution >= 4 is 0 Å². The summed E-state index contributed by atoms with van der Waals surface area (Å²) in [5.41, 5.74) is 7.31. The lowest BCUT2D eigenvalue weighted by Crippen LogP contribution is -2.05. The fourth-order valence-electron chi connectivity index (χ4n) is 2.49. The van der Waals surface area contributed by atoms with Crippen LogP contribution in [0.15, 0.2) is 12.3 Å². The molecule has 0 unspecified atom stereocenters. The average Bonchev–Trinajstić information content (AvgIpc) is 2.55. The topological polar surface area (TPSA) is 43.8 Å². The van der Waals surface area contributed by atoms with E-state index in [4.69, 9.17) is 5.73 Å². The number of hydrogen-bond donors (Lipinski definition) is 1. The second-order valence-electron chi connectivity index (χ2n) is 4.74. The fraction of sp³-hybridized carbons (Fsp3) is 0.727. The average molecular weight is 193 g/mol. The molecule has 1 fully saturated rings. The van der Waals surface area contributed by atoms with Crippen LogP contribution in [0.2, 0.25) is 0 Å². The van der Waals surface area contributed by atoms with Crippen LogP contribution in [0.1, 0.15) is 32.4 Å². The van der Waals surface area contributed by atoms with Crippen LogP contribution in [0.5, 0.6) is 0 Å². The SMILES string of the molecule is CCn1ccc([C@H]2[C@H](CN)C2(C)C)n1. The molecule has 0 aromatic carbocycles. The summed E-state index contributed by atoms with van der Waals surface area (Å²) in [5.74, 6) is 1.18. The molecule has 0 bridgehead atoms. The largest absolute Gasteiger partial charge is 0.330 e. The highest BCUT2D eigenvalue weighted by Gasteiger charge is 2.58. The molecule has 1 aromatic heterocycles. The van der Waals surface area contributed by atoms with Gasteiger partial charge in [0, 0.05) is 18.7 Å². The first kappa shape index (κ1) is 9.71. The van der Waals surface area contributed by atoms with Crippen molar-refractivity contribution in [1.29, 1.82) is 0 Å². The van der Waals surface area contributed by atoms with E-state index >= 15 is 0 Å². The summed E-state index contributed by atoms with van der Waals surface area (Å²) in [6.07, 6.45) is 2.05. The van der Waals surface area contributed by atoms with E-state index in [0.29, 0.717) is 17.3 Å². The highest BCUT2D eigenvalue weighted by Crippen LogP contribution is 2.63. The predicted octanol–water partition coefficient (Wildman–Crippen LogP) is 1.60. The molecule has 1 aromatic rings. The molecule has 1 aliphatic rings. The maximum absolute atomic E-state index is 5.74. The smallest absolute Gasteiger partial charge is 0.0664 e. The Morgan fingerprint density at radius 1 is 1.57 bits per heavy atom. The zero-order chi connectivity index (χ0) is 10.3. The van der Waals surface area contributed by atoms with Gasteiger partial charge in [-0.25, -0.2) is 0 Å². The Morgan fingerprint density at radius 3 is 2.71 bits per heavy atom. The normalized spacial score (nSPS) is 29.1. The Bertz CT molecular complexity index is 327. The maximum Gasteiger partial charge on any atom is 0.0664 e. The third-order valence-electron chi connectivity index (χ3n) is 3.61. The molecule has 3 nitrogen and oxygen atoms in total. The lowest BCUT2D eigenvalue weighted by atomic mass is 10.1. The van der Waals surface area contributed by atoms with Gasteiger partial charge in [0.05, 0.1) is 5.69 Å². The lowest BCUT2D eigenvalue weighted by molar-refractivity contribution is 0.555. The van der Waals surface area contributed by atoms with Crippen molar-refractivity contribution in [2.24, 2.45) is 17.1 Å². The van der Waals surface area contributed by atoms with Crippen molar-refractivity contribution in [2.75, 3.05) is 6.54 Å². The highest BCUT2D eigenvalue weighted by atomic mass is 15.3. The first-order chi connectivity index (χ1) is 6.61. The Morgan fingerprint density at radius 2 is 2.29 bits per heavy atom. The van der Waals surface area contributed by atoms with E-state index in [1.165, 1.54) is 5.69 Å². The Labute approximate surface area is 85.3 Å². The molecule has 1 saturated carbocycles. The summed E-state index contributed by atoms with van der Waals surface area (Å²) in [6.45, 7) is 8.38. The molecule has 2 N–H and O–H groups in total.